The SMILES string of the molecule is CCOc1ccc(-c2ccc(=O)n(CCNC(=O)COc3ccccc3C#N)n2)cc1. The Kier molecular flexibility index (Phi) is 7.38. The minimum absolute atomic E-state index is 0.210. The van der Waals surface area contributed by atoms with Gasteiger partial charge >= 0.3 is 0 Å². The fraction of sp³-hybridized carbons (Fsp3) is 0.217. The molecule has 0 saturated heterocycles. The zero-order valence-electron chi connectivity index (χ0n) is 17.1. The number of hydrogen-bond donors (Lipinski definition) is 1. The molecule has 8 nitrogen and oxygen atoms in total. The first-order valence-corrected chi connectivity index (χ1v) is 9.80. The van der Waals surface area contributed by atoms with E-state index in [9.17, 15) is 9.59 Å². The second-order valence-electron chi connectivity index (χ2n) is 6.48. The molecule has 0 unspecified atom stereocenters. The van der Waals surface area contributed by atoms with E-state index in [1.807, 2.05) is 37.3 Å². The van der Waals surface area contributed by atoms with Gasteiger partial charge in [0, 0.05) is 18.2 Å². The molecule has 1 heterocycles. The Labute approximate surface area is 179 Å². The highest BCUT2D eigenvalue weighted by atomic mass is 16.5. The highest BCUT2D eigenvalue weighted by molar-refractivity contribution is 5.77. The van der Waals surface area contributed by atoms with Crippen LogP contribution >= 0.6 is 0 Å². The quantitative estimate of drug-likeness (QED) is 0.572. The molecule has 3 rings (SSSR count). The van der Waals surface area contributed by atoms with Gasteiger partial charge in [-0.15, -0.1) is 0 Å². The molecule has 0 fully saturated rings. The van der Waals surface area contributed by atoms with Crippen LogP contribution in [0.15, 0.2) is 65.5 Å². The first-order valence-electron chi connectivity index (χ1n) is 9.80. The van der Waals surface area contributed by atoms with Gasteiger partial charge in [-0.25, -0.2) is 4.68 Å². The Morgan fingerprint density at radius 2 is 1.87 bits per heavy atom. The van der Waals surface area contributed by atoms with Gasteiger partial charge in [-0.2, -0.15) is 10.4 Å². The zero-order valence-corrected chi connectivity index (χ0v) is 17.1. The van der Waals surface area contributed by atoms with E-state index < -0.39 is 0 Å². The van der Waals surface area contributed by atoms with Crippen LogP contribution in [0.1, 0.15) is 12.5 Å². The van der Waals surface area contributed by atoms with Crippen molar-refractivity contribution < 1.29 is 14.3 Å². The molecule has 0 spiro atoms. The minimum Gasteiger partial charge on any atom is -0.494 e. The molecule has 0 radical (unpaired) electrons. The van der Waals surface area contributed by atoms with Crippen LogP contribution in [0.25, 0.3) is 11.3 Å². The summed E-state index contributed by atoms with van der Waals surface area (Å²) < 4.78 is 12.1. The topological polar surface area (TPSA) is 106 Å². The van der Waals surface area contributed by atoms with Crippen LogP contribution in [0.4, 0.5) is 0 Å². The lowest BCUT2D eigenvalue weighted by molar-refractivity contribution is -0.123. The highest BCUT2D eigenvalue weighted by Crippen LogP contribution is 2.20. The van der Waals surface area contributed by atoms with E-state index in [4.69, 9.17) is 14.7 Å². The van der Waals surface area contributed by atoms with E-state index in [1.54, 1.807) is 30.3 Å². The molecule has 8 heteroatoms. The van der Waals surface area contributed by atoms with E-state index in [-0.39, 0.29) is 31.2 Å². The second kappa shape index (κ2) is 10.6. The molecule has 3 aromatic rings. The van der Waals surface area contributed by atoms with Gasteiger partial charge in [0.15, 0.2) is 6.61 Å². The Morgan fingerprint density at radius 3 is 2.61 bits per heavy atom. The van der Waals surface area contributed by atoms with Crippen molar-refractivity contribution in [1.29, 1.82) is 5.26 Å². The molecule has 158 valence electrons. The summed E-state index contributed by atoms with van der Waals surface area (Å²) in [5.41, 5.74) is 1.59. The second-order valence-corrected chi connectivity index (χ2v) is 6.48. The van der Waals surface area contributed by atoms with E-state index in [1.165, 1.54) is 10.7 Å². The van der Waals surface area contributed by atoms with Crippen molar-refractivity contribution in [2.24, 2.45) is 0 Å². The number of carbonyl (C=O) groups excluding carboxylic acids is 1. The number of rotatable bonds is 9. The lowest BCUT2D eigenvalue weighted by atomic mass is 10.1. The van der Waals surface area contributed by atoms with Crippen LogP contribution in [0.2, 0.25) is 0 Å². The summed E-state index contributed by atoms with van der Waals surface area (Å²) in [5.74, 6) is 0.756. The average Bonchev–Trinajstić information content (AvgIpc) is 2.80. The van der Waals surface area contributed by atoms with Crippen LogP contribution in [0, 0.1) is 11.3 Å². The minimum atomic E-state index is -0.358. The lowest BCUT2D eigenvalue weighted by Gasteiger charge is -2.10. The fourth-order valence-corrected chi connectivity index (χ4v) is 2.83. The van der Waals surface area contributed by atoms with Crippen molar-refractivity contribution in [2.45, 2.75) is 13.5 Å². The number of para-hydroxylation sites is 1. The number of nitrogens with zero attached hydrogens (tertiary/aromatic N) is 3. The maximum absolute atomic E-state index is 12.1. The summed E-state index contributed by atoms with van der Waals surface area (Å²) in [7, 11) is 0. The van der Waals surface area contributed by atoms with Crippen molar-refractivity contribution in [3.63, 3.8) is 0 Å². The van der Waals surface area contributed by atoms with Crippen LogP contribution in [-0.2, 0) is 11.3 Å². The molecule has 0 aliphatic carbocycles. The molecule has 0 saturated carbocycles. The highest BCUT2D eigenvalue weighted by Gasteiger charge is 2.08. The van der Waals surface area contributed by atoms with Gasteiger partial charge in [0.25, 0.3) is 11.5 Å². The van der Waals surface area contributed by atoms with E-state index in [0.717, 1.165) is 11.3 Å². The number of nitriles is 1. The van der Waals surface area contributed by atoms with E-state index in [0.29, 0.717) is 23.6 Å². The molecule has 2 aromatic carbocycles. The maximum atomic E-state index is 12.1. The number of benzene rings is 2. The Bertz CT molecular complexity index is 1130. The number of aromatic nitrogens is 2. The van der Waals surface area contributed by atoms with Gasteiger partial charge in [0.2, 0.25) is 0 Å². The van der Waals surface area contributed by atoms with E-state index in [2.05, 4.69) is 10.4 Å². The summed E-state index contributed by atoms with van der Waals surface area (Å²) in [5, 5.41) is 16.1. The number of carbonyl (C=O) groups is 1. The summed E-state index contributed by atoms with van der Waals surface area (Å²) in [6.07, 6.45) is 0. The molecule has 0 aliphatic heterocycles. The molecule has 0 bridgehead atoms. The number of ether oxygens (including phenoxy) is 2. The van der Waals surface area contributed by atoms with Crippen LogP contribution in [0.5, 0.6) is 11.5 Å². The van der Waals surface area contributed by atoms with Crippen molar-refractivity contribution >= 4 is 5.91 Å². The van der Waals surface area contributed by atoms with Crippen molar-refractivity contribution in [2.75, 3.05) is 19.8 Å². The van der Waals surface area contributed by atoms with Crippen LogP contribution in [-0.4, -0.2) is 35.4 Å². The molecule has 31 heavy (non-hydrogen) atoms. The summed E-state index contributed by atoms with van der Waals surface area (Å²) in [6.45, 7) is 2.70. The van der Waals surface area contributed by atoms with Gasteiger partial charge in [0.1, 0.15) is 17.6 Å². The third-order valence-corrected chi connectivity index (χ3v) is 4.34. The Hall–Kier alpha value is -4.12. The number of hydrogen-bond acceptors (Lipinski definition) is 6. The third kappa shape index (κ3) is 5.93. The molecule has 0 atom stereocenters. The number of nitrogens with one attached hydrogen (secondary N) is 1. The lowest BCUT2D eigenvalue weighted by Crippen LogP contribution is -2.34. The standard InChI is InChI=1S/C23H22N4O4/c1-2-30-19-9-7-17(8-10-19)20-11-12-23(29)27(26-20)14-13-25-22(28)16-31-21-6-4-3-5-18(21)15-24/h3-12H,2,13-14,16H2,1H3,(H,25,28). The summed E-state index contributed by atoms with van der Waals surface area (Å²) in [6, 6.07) is 19.2. The van der Waals surface area contributed by atoms with Crippen molar-refractivity contribution in [3.8, 4) is 28.8 Å². The monoisotopic (exact) mass is 418 g/mol. The molecular formula is C23H22N4O4. The van der Waals surface area contributed by atoms with Crippen LogP contribution < -0.4 is 20.3 Å². The largest absolute Gasteiger partial charge is 0.494 e. The molecule has 1 amide bonds. The fourth-order valence-electron chi connectivity index (χ4n) is 2.83. The zero-order chi connectivity index (χ0) is 22.1. The normalized spacial score (nSPS) is 10.2. The van der Waals surface area contributed by atoms with Gasteiger partial charge < -0.3 is 14.8 Å². The summed E-state index contributed by atoms with van der Waals surface area (Å²) in [4.78, 5) is 24.1. The Balaban J connectivity index is 1.55. The van der Waals surface area contributed by atoms with Crippen molar-refractivity contribution in [3.05, 3.63) is 76.6 Å². The molecule has 1 N–H and O–H groups in total. The van der Waals surface area contributed by atoms with E-state index >= 15 is 0 Å². The van der Waals surface area contributed by atoms with Gasteiger partial charge in [0.05, 0.1) is 24.4 Å². The van der Waals surface area contributed by atoms with Gasteiger partial charge in [-0.1, -0.05) is 12.1 Å². The third-order valence-electron chi connectivity index (χ3n) is 4.34. The predicted molar refractivity (Wildman–Crippen MR) is 115 cm³/mol. The summed E-state index contributed by atoms with van der Waals surface area (Å²) >= 11 is 0. The maximum Gasteiger partial charge on any atom is 0.266 e. The smallest absolute Gasteiger partial charge is 0.266 e. The van der Waals surface area contributed by atoms with Crippen molar-refractivity contribution in [1.82, 2.24) is 15.1 Å². The Morgan fingerprint density at radius 1 is 1.10 bits per heavy atom. The van der Waals surface area contributed by atoms with Gasteiger partial charge in [-0.05, 0) is 49.4 Å². The first-order chi connectivity index (χ1) is 15.1. The molecular weight excluding hydrogens is 396 g/mol. The number of amides is 1. The molecule has 0 aliphatic rings. The predicted octanol–water partition coefficient (Wildman–Crippen LogP) is 2.38. The first kappa shape index (κ1) is 21.6. The molecule has 1 aromatic heterocycles. The van der Waals surface area contributed by atoms with Crippen LogP contribution in [0.3, 0.4) is 0 Å². The van der Waals surface area contributed by atoms with Gasteiger partial charge in [-0.3, -0.25) is 9.59 Å². The average molecular weight is 418 g/mol.